The van der Waals surface area contributed by atoms with Crippen LogP contribution < -0.4 is 5.32 Å². The molecule has 1 fully saturated rings. The first-order valence-corrected chi connectivity index (χ1v) is 7.34. The summed E-state index contributed by atoms with van der Waals surface area (Å²) in [5.74, 6) is 0. The van der Waals surface area contributed by atoms with E-state index < -0.39 is 0 Å². The topological polar surface area (TPSA) is 24.5 Å². The Morgan fingerprint density at radius 2 is 2.26 bits per heavy atom. The zero-order chi connectivity index (χ0) is 13.7. The van der Waals surface area contributed by atoms with E-state index in [9.17, 15) is 0 Å². The molecular formula is C15H23ClN2O. The number of halogens is 1. The van der Waals surface area contributed by atoms with Crippen LogP contribution in [0.4, 0.5) is 0 Å². The van der Waals surface area contributed by atoms with Crippen LogP contribution in [-0.2, 0) is 4.74 Å². The van der Waals surface area contributed by atoms with Crippen molar-refractivity contribution in [3.05, 3.63) is 34.9 Å². The van der Waals surface area contributed by atoms with Crippen molar-refractivity contribution in [1.29, 1.82) is 0 Å². The van der Waals surface area contributed by atoms with Crippen LogP contribution in [0.3, 0.4) is 0 Å². The highest BCUT2D eigenvalue weighted by Crippen LogP contribution is 2.25. The largest absolute Gasteiger partial charge is 0.376 e. The van der Waals surface area contributed by atoms with Crippen LogP contribution in [0.2, 0.25) is 5.02 Å². The predicted molar refractivity (Wildman–Crippen MR) is 79.7 cm³/mol. The van der Waals surface area contributed by atoms with Crippen molar-refractivity contribution in [2.24, 2.45) is 0 Å². The molecule has 1 heterocycles. The van der Waals surface area contributed by atoms with Crippen molar-refractivity contribution in [2.75, 3.05) is 33.3 Å². The third-order valence-corrected chi connectivity index (χ3v) is 4.03. The SMILES string of the molecule is CNC(CCN1CCOC(C)C1)c1ccccc1Cl. The predicted octanol–water partition coefficient (Wildman–Crippen LogP) is 2.71. The lowest BCUT2D eigenvalue weighted by atomic mass is 10.0. The van der Waals surface area contributed by atoms with Crippen molar-refractivity contribution in [3.63, 3.8) is 0 Å². The van der Waals surface area contributed by atoms with Gasteiger partial charge in [-0.1, -0.05) is 29.8 Å². The third kappa shape index (κ3) is 4.18. The van der Waals surface area contributed by atoms with E-state index in [1.165, 1.54) is 5.56 Å². The summed E-state index contributed by atoms with van der Waals surface area (Å²) in [7, 11) is 2.00. The van der Waals surface area contributed by atoms with Crippen molar-refractivity contribution >= 4 is 11.6 Å². The fourth-order valence-electron chi connectivity index (χ4n) is 2.62. The van der Waals surface area contributed by atoms with Gasteiger partial charge in [-0.25, -0.2) is 0 Å². The van der Waals surface area contributed by atoms with Crippen LogP contribution in [0.5, 0.6) is 0 Å². The minimum atomic E-state index is 0.312. The molecule has 1 N–H and O–H groups in total. The van der Waals surface area contributed by atoms with E-state index in [1.54, 1.807) is 0 Å². The number of hydrogen-bond acceptors (Lipinski definition) is 3. The van der Waals surface area contributed by atoms with E-state index in [4.69, 9.17) is 16.3 Å². The van der Waals surface area contributed by atoms with Gasteiger partial charge in [-0.05, 0) is 32.0 Å². The molecule has 0 amide bonds. The molecule has 0 saturated carbocycles. The van der Waals surface area contributed by atoms with E-state index in [0.717, 1.165) is 37.7 Å². The Bertz CT molecular complexity index is 399. The van der Waals surface area contributed by atoms with E-state index in [1.807, 2.05) is 25.2 Å². The Labute approximate surface area is 120 Å². The molecular weight excluding hydrogens is 260 g/mol. The van der Waals surface area contributed by atoms with Gasteiger partial charge in [-0.2, -0.15) is 0 Å². The first kappa shape index (κ1) is 14.8. The maximum absolute atomic E-state index is 6.27. The highest BCUT2D eigenvalue weighted by atomic mass is 35.5. The Hall–Kier alpha value is -0.610. The zero-order valence-corrected chi connectivity index (χ0v) is 12.5. The van der Waals surface area contributed by atoms with Gasteiger partial charge in [0.2, 0.25) is 0 Å². The lowest BCUT2D eigenvalue weighted by Crippen LogP contribution is -2.42. The van der Waals surface area contributed by atoms with Crippen LogP contribution in [0, 0.1) is 0 Å². The standard InChI is InChI=1S/C15H23ClN2O/c1-12-11-18(9-10-19-12)8-7-15(17-2)13-5-3-4-6-14(13)16/h3-6,12,15,17H,7-11H2,1-2H3. The summed E-state index contributed by atoms with van der Waals surface area (Å²) in [6.07, 6.45) is 1.41. The van der Waals surface area contributed by atoms with Crippen LogP contribution in [-0.4, -0.2) is 44.3 Å². The van der Waals surface area contributed by atoms with Gasteiger partial charge in [-0.3, -0.25) is 4.90 Å². The Kier molecular flexibility index (Phi) is 5.64. The van der Waals surface area contributed by atoms with Crippen molar-refractivity contribution in [3.8, 4) is 0 Å². The molecule has 4 heteroatoms. The molecule has 1 aromatic rings. The lowest BCUT2D eigenvalue weighted by Gasteiger charge is -2.32. The molecule has 0 radical (unpaired) electrons. The summed E-state index contributed by atoms with van der Waals surface area (Å²) >= 11 is 6.27. The molecule has 3 nitrogen and oxygen atoms in total. The Balaban J connectivity index is 1.91. The highest BCUT2D eigenvalue weighted by Gasteiger charge is 2.19. The second kappa shape index (κ2) is 7.25. The fourth-order valence-corrected chi connectivity index (χ4v) is 2.89. The smallest absolute Gasteiger partial charge is 0.0674 e. The number of ether oxygens (including phenoxy) is 1. The third-order valence-electron chi connectivity index (χ3n) is 3.69. The van der Waals surface area contributed by atoms with Gasteiger partial charge in [0.25, 0.3) is 0 Å². The maximum atomic E-state index is 6.27. The number of hydrogen-bond donors (Lipinski definition) is 1. The molecule has 2 atom stereocenters. The van der Waals surface area contributed by atoms with E-state index in [-0.39, 0.29) is 0 Å². The second-order valence-electron chi connectivity index (χ2n) is 5.13. The van der Waals surface area contributed by atoms with E-state index in [0.29, 0.717) is 12.1 Å². The number of morpholine rings is 1. The Morgan fingerprint density at radius 1 is 1.47 bits per heavy atom. The molecule has 1 aliphatic heterocycles. The van der Waals surface area contributed by atoms with Gasteiger partial charge >= 0.3 is 0 Å². The normalized spacial score (nSPS) is 22.4. The van der Waals surface area contributed by atoms with Gasteiger partial charge in [0, 0.05) is 30.7 Å². The monoisotopic (exact) mass is 282 g/mol. The van der Waals surface area contributed by atoms with E-state index >= 15 is 0 Å². The van der Waals surface area contributed by atoms with Gasteiger partial charge in [0.05, 0.1) is 12.7 Å². The first-order chi connectivity index (χ1) is 9.20. The lowest BCUT2D eigenvalue weighted by molar-refractivity contribution is -0.0191. The van der Waals surface area contributed by atoms with Crippen molar-refractivity contribution < 1.29 is 4.74 Å². The minimum Gasteiger partial charge on any atom is -0.376 e. The summed E-state index contributed by atoms with van der Waals surface area (Å²) in [5.41, 5.74) is 1.19. The number of rotatable bonds is 5. The molecule has 0 spiro atoms. The molecule has 106 valence electrons. The number of nitrogens with zero attached hydrogens (tertiary/aromatic N) is 1. The minimum absolute atomic E-state index is 0.312. The van der Waals surface area contributed by atoms with Crippen molar-refractivity contribution in [1.82, 2.24) is 10.2 Å². The average Bonchev–Trinajstić information content (AvgIpc) is 2.41. The average molecular weight is 283 g/mol. The van der Waals surface area contributed by atoms with Gasteiger partial charge in [0.15, 0.2) is 0 Å². The zero-order valence-electron chi connectivity index (χ0n) is 11.7. The summed E-state index contributed by atoms with van der Waals surface area (Å²) in [5, 5.41) is 4.21. The molecule has 0 aromatic heterocycles. The van der Waals surface area contributed by atoms with E-state index in [2.05, 4.69) is 23.2 Å². The summed E-state index contributed by atoms with van der Waals surface area (Å²) < 4.78 is 5.57. The highest BCUT2D eigenvalue weighted by molar-refractivity contribution is 6.31. The molecule has 19 heavy (non-hydrogen) atoms. The fraction of sp³-hybridized carbons (Fsp3) is 0.600. The molecule has 2 rings (SSSR count). The van der Waals surface area contributed by atoms with Crippen LogP contribution in [0.15, 0.2) is 24.3 Å². The molecule has 1 saturated heterocycles. The molecule has 0 aliphatic carbocycles. The number of nitrogens with one attached hydrogen (secondary N) is 1. The van der Waals surface area contributed by atoms with Gasteiger partial charge in [0.1, 0.15) is 0 Å². The summed E-state index contributed by atoms with van der Waals surface area (Å²) in [4.78, 5) is 2.47. The maximum Gasteiger partial charge on any atom is 0.0674 e. The molecule has 1 aliphatic rings. The number of benzene rings is 1. The molecule has 0 bridgehead atoms. The van der Waals surface area contributed by atoms with Crippen molar-refractivity contribution in [2.45, 2.75) is 25.5 Å². The van der Waals surface area contributed by atoms with Crippen LogP contribution in [0.25, 0.3) is 0 Å². The van der Waals surface area contributed by atoms with Crippen LogP contribution in [0.1, 0.15) is 24.9 Å². The van der Waals surface area contributed by atoms with Crippen LogP contribution >= 0.6 is 11.6 Å². The molecule has 2 unspecified atom stereocenters. The molecule has 1 aromatic carbocycles. The quantitative estimate of drug-likeness (QED) is 0.899. The van der Waals surface area contributed by atoms with Gasteiger partial charge in [-0.15, -0.1) is 0 Å². The summed E-state index contributed by atoms with van der Waals surface area (Å²) in [6, 6.07) is 8.39. The summed E-state index contributed by atoms with van der Waals surface area (Å²) in [6.45, 7) is 6.11. The Morgan fingerprint density at radius 3 is 2.95 bits per heavy atom. The van der Waals surface area contributed by atoms with Gasteiger partial charge < -0.3 is 10.1 Å². The second-order valence-corrected chi connectivity index (χ2v) is 5.54. The first-order valence-electron chi connectivity index (χ1n) is 6.96.